The van der Waals surface area contributed by atoms with E-state index in [0.29, 0.717) is 6.04 Å². The largest absolute Gasteiger partial charge is 0.369 e. The highest BCUT2D eigenvalue weighted by atomic mass is 16.2. The van der Waals surface area contributed by atoms with Crippen molar-refractivity contribution in [2.75, 3.05) is 16.8 Å². The monoisotopic (exact) mass is 277 g/mol. The van der Waals surface area contributed by atoms with Gasteiger partial charge in [-0.25, -0.2) is 0 Å². The molecule has 1 rings (SSSR count). The summed E-state index contributed by atoms with van der Waals surface area (Å²) in [7, 11) is 0. The quantitative estimate of drug-likeness (QED) is 0.840. The van der Waals surface area contributed by atoms with Crippen molar-refractivity contribution in [1.82, 2.24) is 0 Å². The number of benzene rings is 1. The van der Waals surface area contributed by atoms with Gasteiger partial charge in [-0.3, -0.25) is 4.79 Å². The first kappa shape index (κ1) is 16.5. The number of carbonyl (C=O) groups excluding carboxylic acids is 1. The highest BCUT2D eigenvalue weighted by molar-refractivity contribution is 5.94. The molecule has 1 unspecified atom stereocenters. The number of amides is 1. The first-order valence-electron chi connectivity index (χ1n) is 7.30. The van der Waals surface area contributed by atoms with Crippen molar-refractivity contribution in [3.8, 4) is 0 Å². The third kappa shape index (κ3) is 4.23. The van der Waals surface area contributed by atoms with Gasteiger partial charge < -0.3 is 16.0 Å². The SMILES string of the molecule is CCN(c1ccc(NC(=O)C(N)C(C)C)cc1)C(C)C. The summed E-state index contributed by atoms with van der Waals surface area (Å²) in [5.74, 6) is -0.00486. The Morgan fingerprint density at radius 1 is 1.20 bits per heavy atom. The number of carbonyl (C=O) groups is 1. The van der Waals surface area contributed by atoms with Crippen molar-refractivity contribution < 1.29 is 4.79 Å². The molecule has 112 valence electrons. The fourth-order valence-corrected chi connectivity index (χ4v) is 2.11. The molecule has 0 saturated heterocycles. The number of hydrogen-bond donors (Lipinski definition) is 2. The van der Waals surface area contributed by atoms with Crippen LogP contribution in [0.5, 0.6) is 0 Å². The lowest BCUT2D eigenvalue weighted by Gasteiger charge is -2.27. The molecule has 0 aliphatic carbocycles. The predicted molar refractivity (Wildman–Crippen MR) is 86.0 cm³/mol. The Hall–Kier alpha value is -1.55. The van der Waals surface area contributed by atoms with Crippen LogP contribution in [0.2, 0.25) is 0 Å². The van der Waals surface area contributed by atoms with Crippen molar-refractivity contribution in [3.05, 3.63) is 24.3 Å². The van der Waals surface area contributed by atoms with Crippen LogP contribution in [0.25, 0.3) is 0 Å². The van der Waals surface area contributed by atoms with E-state index in [9.17, 15) is 4.79 Å². The molecule has 0 fully saturated rings. The lowest BCUT2D eigenvalue weighted by atomic mass is 10.0. The minimum atomic E-state index is -0.475. The molecule has 3 N–H and O–H groups in total. The Balaban J connectivity index is 2.74. The molecule has 0 aliphatic heterocycles. The second kappa shape index (κ2) is 7.29. The molecule has 1 amide bonds. The molecular weight excluding hydrogens is 250 g/mol. The smallest absolute Gasteiger partial charge is 0.241 e. The van der Waals surface area contributed by atoms with Crippen molar-refractivity contribution in [3.63, 3.8) is 0 Å². The molecule has 4 nitrogen and oxygen atoms in total. The van der Waals surface area contributed by atoms with Gasteiger partial charge in [0.1, 0.15) is 0 Å². The average Bonchev–Trinajstić information content (AvgIpc) is 2.40. The highest BCUT2D eigenvalue weighted by Gasteiger charge is 2.17. The molecule has 0 bridgehead atoms. The Kier molecular flexibility index (Phi) is 6.02. The lowest BCUT2D eigenvalue weighted by Crippen LogP contribution is -2.39. The van der Waals surface area contributed by atoms with E-state index in [4.69, 9.17) is 5.73 Å². The zero-order chi connectivity index (χ0) is 15.3. The molecule has 1 aromatic carbocycles. The van der Waals surface area contributed by atoms with Crippen LogP contribution < -0.4 is 16.0 Å². The van der Waals surface area contributed by atoms with Crippen LogP contribution in [0.1, 0.15) is 34.6 Å². The van der Waals surface area contributed by atoms with Crippen LogP contribution in [0.4, 0.5) is 11.4 Å². The summed E-state index contributed by atoms with van der Waals surface area (Å²) in [5, 5.41) is 2.85. The summed E-state index contributed by atoms with van der Waals surface area (Å²) >= 11 is 0. The van der Waals surface area contributed by atoms with Gasteiger partial charge in [0.05, 0.1) is 6.04 Å². The van der Waals surface area contributed by atoms with E-state index in [1.165, 1.54) is 0 Å². The third-order valence-electron chi connectivity index (χ3n) is 3.45. The summed E-state index contributed by atoms with van der Waals surface area (Å²) < 4.78 is 0. The molecule has 20 heavy (non-hydrogen) atoms. The maximum absolute atomic E-state index is 11.9. The Morgan fingerprint density at radius 3 is 2.15 bits per heavy atom. The summed E-state index contributed by atoms with van der Waals surface area (Å²) in [6.45, 7) is 11.3. The standard InChI is InChI=1S/C16H27N3O/c1-6-19(12(4)5)14-9-7-13(8-10-14)18-16(20)15(17)11(2)3/h7-12,15H,6,17H2,1-5H3,(H,18,20). The van der Waals surface area contributed by atoms with Gasteiger partial charge in [-0.2, -0.15) is 0 Å². The van der Waals surface area contributed by atoms with Crippen molar-refractivity contribution in [1.29, 1.82) is 0 Å². The lowest BCUT2D eigenvalue weighted by molar-refractivity contribution is -0.118. The summed E-state index contributed by atoms with van der Waals surface area (Å²) in [4.78, 5) is 14.2. The van der Waals surface area contributed by atoms with E-state index in [0.717, 1.165) is 17.9 Å². The Morgan fingerprint density at radius 2 is 1.75 bits per heavy atom. The zero-order valence-electron chi connectivity index (χ0n) is 13.2. The Labute approximate surface area is 122 Å². The van der Waals surface area contributed by atoms with E-state index in [1.54, 1.807) is 0 Å². The van der Waals surface area contributed by atoms with Crippen molar-refractivity contribution >= 4 is 17.3 Å². The molecule has 0 saturated carbocycles. The van der Waals surface area contributed by atoms with Crippen LogP contribution in [-0.2, 0) is 4.79 Å². The number of nitrogens with zero attached hydrogens (tertiary/aromatic N) is 1. The van der Waals surface area contributed by atoms with Crippen LogP contribution in [-0.4, -0.2) is 24.5 Å². The van der Waals surface area contributed by atoms with Gasteiger partial charge in [0.2, 0.25) is 5.91 Å². The second-order valence-electron chi connectivity index (χ2n) is 5.69. The zero-order valence-corrected chi connectivity index (χ0v) is 13.2. The van der Waals surface area contributed by atoms with Crippen molar-refractivity contribution in [2.24, 2.45) is 11.7 Å². The number of hydrogen-bond acceptors (Lipinski definition) is 3. The normalized spacial score (nSPS) is 12.6. The molecule has 1 atom stereocenters. The second-order valence-corrected chi connectivity index (χ2v) is 5.69. The number of rotatable bonds is 6. The van der Waals surface area contributed by atoms with E-state index in [-0.39, 0.29) is 11.8 Å². The summed E-state index contributed by atoms with van der Waals surface area (Å²) in [5.41, 5.74) is 7.77. The number of nitrogens with two attached hydrogens (primary N) is 1. The molecule has 1 aromatic rings. The maximum Gasteiger partial charge on any atom is 0.241 e. The molecule has 0 aromatic heterocycles. The first-order chi connectivity index (χ1) is 9.36. The topological polar surface area (TPSA) is 58.4 Å². The molecule has 0 heterocycles. The van der Waals surface area contributed by atoms with Gasteiger partial charge in [0, 0.05) is 24.0 Å². The molecular formula is C16H27N3O. The van der Waals surface area contributed by atoms with Crippen LogP contribution in [0.15, 0.2) is 24.3 Å². The van der Waals surface area contributed by atoms with E-state index < -0.39 is 6.04 Å². The highest BCUT2D eigenvalue weighted by Crippen LogP contribution is 2.20. The molecule has 4 heteroatoms. The minimum Gasteiger partial charge on any atom is -0.369 e. The van der Waals surface area contributed by atoms with Gasteiger partial charge in [0.25, 0.3) is 0 Å². The van der Waals surface area contributed by atoms with Gasteiger partial charge in [-0.05, 0) is 51.0 Å². The number of nitrogens with one attached hydrogen (secondary N) is 1. The maximum atomic E-state index is 11.9. The fraction of sp³-hybridized carbons (Fsp3) is 0.562. The predicted octanol–water partition coefficient (Wildman–Crippen LogP) is 2.84. The first-order valence-corrected chi connectivity index (χ1v) is 7.30. The molecule has 0 aliphatic rings. The van der Waals surface area contributed by atoms with Crippen molar-refractivity contribution in [2.45, 2.75) is 46.7 Å². The summed E-state index contributed by atoms with van der Waals surface area (Å²) in [6.07, 6.45) is 0. The van der Waals surface area contributed by atoms with Gasteiger partial charge in [0.15, 0.2) is 0 Å². The van der Waals surface area contributed by atoms with Gasteiger partial charge in [-0.15, -0.1) is 0 Å². The molecule has 0 radical (unpaired) electrons. The third-order valence-corrected chi connectivity index (χ3v) is 3.45. The average molecular weight is 277 g/mol. The van der Waals surface area contributed by atoms with E-state index in [1.807, 2.05) is 38.1 Å². The van der Waals surface area contributed by atoms with Crippen LogP contribution >= 0.6 is 0 Å². The van der Waals surface area contributed by atoms with Crippen LogP contribution in [0, 0.1) is 5.92 Å². The number of anilines is 2. The van der Waals surface area contributed by atoms with E-state index >= 15 is 0 Å². The van der Waals surface area contributed by atoms with Crippen LogP contribution in [0.3, 0.4) is 0 Å². The minimum absolute atomic E-state index is 0.130. The molecule has 0 spiro atoms. The van der Waals surface area contributed by atoms with Gasteiger partial charge >= 0.3 is 0 Å². The summed E-state index contributed by atoms with van der Waals surface area (Å²) in [6, 6.07) is 7.88. The van der Waals surface area contributed by atoms with E-state index in [2.05, 4.69) is 31.0 Å². The van der Waals surface area contributed by atoms with Gasteiger partial charge in [-0.1, -0.05) is 13.8 Å². The fourth-order valence-electron chi connectivity index (χ4n) is 2.11. The Bertz CT molecular complexity index is 426.